The maximum absolute atomic E-state index is 11.7. The number of hydrogen-bond acceptors (Lipinski definition) is 4. The van der Waals surface area contributed by atoms with Crippen LogP contribution in [0.1, 0.15) is 19.3 Å². The second kappa shape index (κ2) is 7.84. The van der Waals surface area contributed by atoms with Crippen LogP contribution in [-0.2, 0) is 14.6 Å². The Balaban J connectivity index is 1.55. The Kier molecular flexibility index (Phi) is 6.11. The van der Waals surface area contributed by atoms with Crippen LogP contribution in [-0.4, -0.2) is 38.1 Å². The normalized spacial score (nSPS) is 20.3. The minimum atomic E-state index is -2.88. The highest BCUT2D eigenvalue weighted by Crippen LogP contribution is 2.21. The van der Waals surface area contributed by atoms with Crippen molar-refractivity contribution in [2.75, 3.05) is 23.8 Å². The molecule has 1 heterocycles. The summed E-state index contributed by atoms with van der Waals surface area (Å²) in [6.45, 7) is 0.651. The summed E-state index contributed by atoms with van der Waals surface area (Å²) in [5, 5.41) is 2.88. The van der Waals surface area contributed by atoms with Gasteiger partial charge in [-0.25, -0.2) is 8.42 Å². The van der Waals surface area contributed by atoms with Crippen LogP contribution in [0.2, 0.25) is 0 Å². The van der Waals surface area contributed by atoms with E-state index in [2.05, 4.69) is 17.4 Å². The molecule has 1 aromatic rings. The highest BCUT2D eigenvalue weighted by molar-refractivity contribution is 7.99. The molecule has 0 aromatic heterocycles. The van der Waals surface area contributed by atoms with Crippen LogP contribution in [0.5, 0.6) is 0 Å². The molecule has 2 rings (SSSR count). The van der Waals surface area contributed by atoms with Gasteiger partial charge in [0.1, 0.15) is 0 Å². The summed E-state index contributed by atoms with van der Waals surface area (Å²) < 4.78 is 22.6. The molecule has 6 heteroatoms. The van der Waals surface area contributed by atoms with Crippen molar-refractivity contribution in [1.29, 1.82) is 0 Å². The topological polar surface area (TPSA) is 63.2 Å². The zero-order valence-electron chi connectivity index (χ0n) is 12.0. The summed E-state index contributed by atoms with van der Waals surface area (Å²) in [7, 11) is -2.88. The van der Waals surface area contributed by atoms with Crippen molar-refractivity contribution in [2.24, 2.45) is 5.92 Å². The monoisotopic (exact) mass is 327 g/mol. The summed E-state index contributed by atoms with van der Waals surface area (Å²) in [5.41, 5.74) is 0. The molecule has 1 atom stereocenters. The predicted molar refractivity (Wildman–Crippen MR) is 86.2 cm³/mol. The molecule has 0 spiro atoms. The first-order chi connectivity index (χ1) is 10.1. The Bertz CT molecular complexity index is 558. The molecular formula is C15H21NO3S2. The standard InChI is InChI=1S/C15H21NO3S2/c17-15(11-13-7-10-21(18,19)12-13)16-8-4-9-20-14-5-2-1-3-6-14/h1-3,5-6,13H,4,7-12H2,(H,16,17). The molecule has 1 saturated heterocycles. The summed E-state index contributed by atoms with van der Waals surface area (Å²) in [6, 6.07) is 10.2. The van der Waals surface area contributed by atoms with Crippen LogP contribution in [0.15, 0.2) is 35.2 Å². The SMILES string of the molecule is O=C(CC1CCS(=O)(=O)C1)NCCCSc1ccccc1. The molecular weight excluding hydrogens is 306 g/mol. The van der Waals surface area contributed by atoms with Crippen LogP contribution in [0.3, 0.4) is 0 Å². The van der Waals surface area contributed by atoms with Crippen molar-refractivity contribution in [3.8, 4) is 0 Å². The number of sulfone groups is 1. The first kappa shape index (κ1) is 16.4. The number of thioether (sulfide) groups is 1. The van der Waals surface area contributed by atoms with Gasteiger partial charge in [0.15, 0.2) is 9.84 Å². The van der Waals surface area contributed by atoms with Crippen LogP contribution in [0.25, 0.3) is 0 Å². The van der Waals surface area contributed by atoms with Crippen LogP contribution < -0.4 is 5.32 Å². The van der Waals surface area contributed by atoms with Gasteiger partial charge in [-0.15, -0.1) is 11.8 Å². The van der Waals surface area contributed by atoms with E-state index in [-0.39, 0.29) is 23.3 Å². The van der Waals surface area contributed by atoms with E-state index in [1.165, 1.54) is 4.90 Å². The van der Waals surface area contributed by atoms with Gasteiger partial charge in [-0.05, 0) is 36.6 Å². The third kappa shape index (κ3) is 6.09. The number of hydrogen-bond donors (Lipinski definition) is 1. The molecule has 0 saturated carbocycles. The molecule has 21 heavy (non-hydrogen) atoms. The van der Waals surface area contributed by atoms with Gasteiger partial charge in [0, 0.05) is 17.9 Å². The molecule has 0 bridgehead atoms. The van der Waals surface area contributed by atoms with Crippen molar-refractivity contribution >= 4 is 27.5 Å². The number of carbonyl (C=O) groups is 1. The fraction of sp³-hybridized carbons (Fsp3) is 0.533. The molecule has 1 fully saturated rings. The van der Waals surface area contributed by atoms with E-state index in [9.17, 15) is 13.2 Å². The molecule has 1 aliphatic rings. The van der Waals surface area contributed by atoms with Crippen LogP contribution in [0.4, 0.5) is 0 Å². The average molecular weight is 327 g/mol. The molecule has 116 valence electrons. The minimum absolute atomic E-state index is 0.00805. The highest BCUT2D eigenvalue weighted by Gasteiger charge is 2.29. The second-order valence-corrected chi connectivity index (χ2v) is 8.74. The van der Waals surface area contributed by atoms with E-state index < -0.39 is 9.84 Å². The Morgan fingerprint density at radius 1 is 1.29 bits per heavy atom. The quantitative estimate of drug-likeness (QED) is 0.615. The lowest BCUT2D eigenvalue weighted by molar-refractivity contribution is -0.121. The number of nitrogens with one attached hydrogen (secondary N) is 1. The first-order valence-electron chi connectivity index (χ1n) is 7.20. The molecule has 0 aliphatic carbocycles. The largest absolute Gasteiger partial charge is 0.356 e. The van der Waals surface area contributed by atoms with Gasteiger partial charge < -0.3 is 5.32 Å². The number of benzene rings is 1. The molecule has 1 N–H and O–H groups in total. The number of rotatable bonds is 7. The van der Waals surface area contributed by atoms with E-state index in [1.54, 1.807) is 11.8 Å². The molecule has 1 aromatic carbocycles. The van der Waals surface area contributed by atoms with Crippen molar-refractivity contribution < 1.29 is 13.2 Å². The van der Waals surface area contributed by atoms with Gasteiger partial charge >= 0.3 is 0 Å². The molecule has 1 amide bonds. The molecule has 1 unspecified atom stereocenters. The number of amides is 1. The van der Waals surface area contributed by atoms with E-state index >= 15 is 0 Å². The fourth-order valence-corrected chi connectivity index (χ4v) is 5.11. The van der Waals surface area contributed by atoms with E-state index in [4.69, 9.17) is 0 Å². The van der Waals surface area contributed by atoms with Gasteiger partial charge in [-0.2, -0.15) is 0 Å². The lowest BCUT2D eigenvalue weighted by atomic mass is 10.1. The highest BCUT2D eigenvalue weighted by atomic mass is 32.2. The Morgan fingerprint density at radius 3 is 2.71 bits per heavy atom. The summed E-state index contributed by atoms with van der Waals surface area (Å²) in [5.74, 6) is 1.35. The van der Waals surface area contributed by atoms with E-state index in [0.717, 1.165) is 12.2 Å². The predicted octanol–water partition coefficient (Wildman–Crippen LogP) is 2.11. The van der Waals surface area contributed by atoms with Crippen LogP contribution in [0, 0.1) is 5.92 Å². The lowest BCUT2D eigenvalue weighted by Crippen LogP contribution is -2.27. The second-order valence-electron chi connectivity index (χ2n) is 5.34. The van der Waals surface area contributed by atoms with Gasteiger partial charge in [-0.3, -0.25) is 4.79 Å². The van der Waals surface area contributed by atoms with E-state index in [0.29, 0.717) is 19.4 Å². The van der Waals surface area contributed by atoms with Crippen LogP contribution >= 0.6 is 11.8 Å². The summed E-state index contributed by atoms with van der Waals surface area (Å²) in [4.78, 5) is 13.0. The zero-order chi connectivity index (χ0) is 15.1. The van der Waals surface area contributed by atoms with Gasteiger partial charge in [0.2, 0.25) is 5.91 Å². The third-order valence-corrected chi connectivity index (χ3v) is 6.39. The average Bonchev–Trinajstić information content (AvgIpc) is 2.78. The zero-order valence-corrected chi connectivity index (χ0v) is 13.6. The Morgan fingerprint density at radius 2 is 2.05 bits per heavy atom. The van der Waals surface area contributed by atoms with Crippen molar-refractivity contribution in [3.63, 3.8) is 0 Å². The maximum Gasteiger partial charge on any atom is 0.220 e. The van der Waals surface area contributed by atoms with E-state index in [1.807, 2.05) is 18.2 Å². The minimum Gasteiger partial charge on any atom is -0.356 e. The summed E-state index contributed by atoms with van der Waals surface area (Å²) in [6.07, 6.45) is 1.87. The number of carbonyl (C=O) groups excluding carboxylic acids is 1. The lowest BCUT2D eigenvalue weighted by Gasteiger charge is -2.08. The molecule has 0 radical (unpaired) electrons. The smallest absolute Gasteiger partial charge is 0.220 e. The molecule has 4 nitrogen and oxygen atoms in total. The van der Waals surface area contributed by atoms with Crippen molar-refractivity contribution in [1.82, 2.24) is 5.32 Å². The molecule has 1 aliphatic heterocycles. The van der Waals surface area contributed by atoms with Crippen molar-refractivity contribution in [3.05, 3.63) is 30.3 Å². The van der Waals surface area contributed by atoms with Gasteiger partial charge in [0.05, 0.1) is 11.5 Å². The summed E-state index contributed by atoms with van der Waals surface area (Å²) >= 11 is 1.77. The Labute approximate surface area is 130 Å². The maximum atomic E-state index is 11.7. The van der Waals surface area contributed by atoms with Crippen molar-refractivity contribution in [2.45, 2.75) is 24.2 Å². The van der Waals surface area contributed by atoms with Gasteiger partial charge in [-0.1, -0.05) is 18.2 Å². The fourth-order valence-electron chi connectivity index (χ4n) is 2.37. The first-order valence-corrected chi connectivity index (χ1v) is 10.0. The van der Waals surface area contributed by atoms with Gasteiger partial charge in [0.25, 0.3) is 0 Å². The third-order valence-electron chi connectivity index (χ3n) is 3.46. The Hall–Kier alpha value is -1.01.